The Bertz CT molecular complexity index is 1100. The van der Waals surface area contributed by atoms with E-state index in [9.17, 15) is 25.5 Å². The van der Waals surface area contributed by atoms with E-state index in [4.69, 9.17) is 28.8 Å². The number of methoxy groups -OCH3 is 2. The minimum Gasteiger partial charge on any atom is -0.493 e. The third kappa shape index (κ3) is 5.25. The molecule has 0 spiro atoms. The average molecular weight is 521 g/mol. The molecule has 7 atom stereocenters. The van der Waals surface area contributed by atoms with E-state index in [2.05, 4.69) is 0 Å². The Labute approximate surface area is 213 Å². The van der Waals surface area contributed by atoms with Crippen LogP contribution in [-0.4, -0.2) is 95.4 Å². The minimum atomic E-state index is -1.58. The van der Waals surface area contributed by atoms with Gasteiger partial charge in [-0.2, -0.15) is 0 Å². The highest BCUT2D eigenvalue weighted by atomic mass is 16.7. The van der Waals surface area contributed by atoms with Crippen LogP contribution in [-0.2, 0) is 4.74 Å². The van der Waals surface area contributed by atoms with Gasteiger partial charge in [0.05, 0.1) is 40.0 Å². The summed E-state index contributed by atoms with van der Waals surface area (Å²) in [5.74, 6) is 1.03. The molecule has 202 valence electrons. The first kappa shape index (κ1) is 27.1. The van der Waals surface area contributed by atoms with E-state index in [1.54, 1.807) is 36.4 Å². The molecule has 11 heteroatoms. The van der Waals surface area contributed by atoms with Gasteiger partial charge >= 0.3 is 0 Å². The summed E-state index contributed by atoms with van der Waals surface area (Å²) in [5, 5.41) is 59.1. The zero-order valence-electron chi connectivity index (χ0n) is 20.4. The van der Waals surface area contributed by atoms with Gasteiger partial charge in [-0.05, 0) is 35.4 Å². The van der Waals surface area contributed by atoms with Crippen molar-refractivity contribution in [2.75, 3.05) is 34.0 Å². The summed E-state index contributed by atoms with van der Waals surface area (Å²) in [7, 11) is 2.95. The maximum Gasteiger partial charge on any atom is 0.229 e. The number of hydrogen-bond acceptors (Lipinski definition) is 11. The fraction of sp³-hybridized carbons (Fsp3) is 0.462. The van der Waals surface area contributed by atoms with Gasteiger partial charge in [0.25, 0.3) is 0 Å². The van der Waals surface area contributed by atoms with Crippen LogP contribution in [0.1, 0.15) is 28.7 Å². The van der Waals surface area contributed by atoms with Crippen molar-refractivity contribution in [2.24, 2.45) is 0 Å². The van der Waals surface area contributed by atoms with Crippen LogP contribution in [0.4, 0.5) is 0 Å². The Hall–Kier alpha value is -2.90. The predicted molar refractivity (Wildman–Crippen MR) is 130 cm³/mol. The summed E-state index contributed by atoms with van der Waals surface area (Å²) in [6, 6.07) is 8.60. The second-order valence-corrected chi connectivity index (χ2v) is 8.78. The SMILES string of the molecule is COc1cc([C@H]2Oc3c(OC)cc(/C=C/CO)cc3[C@H]2CO)ccc1O[C@@H]1O[C@@H](CO)[C@@H](O)[C@@H](O)[C@@H]1O. The molecule has 0 aromatic heterocycles. The smallest absolute Gasteiger partial charge is 0.229 e. The first-order valence-electron chi connectivity index (χ1n) is 11.8. The third-order valence-electron chi connectivity index (χ3n) is 6.56. The van der Waals surface area contributed by atoms with Crippen LogP contribution in [0.3, 0.4) is 0 Å². The van der Waals surface area contributed by atoms with E-state index < -0.39 is 49.3 Å². The van der Waals surface area contributed by atoms with E-state index in [0.717, 1.165) is 11.1 Å². The number of benzene rings is 2. The van der Waals surface area contributed by atoms with Gasteiger partial charge in [0.1, 0.15) is 30.5 Å². The average Bonchev–Trinajstić information content (AvgIpc) is 3.30. The number of hydrogen-bond donors (Lipinski definition) is 6. The summed E-state index contributed by atoms with van der Waals surface area (Å²) in [6.07, 6.45) is -4.38. The molecule has 2 aromatic carbocycles. The Morgan fingerprint density at radius 2 is 1.62 bits per heavy atom. The van der Waals surface area contributed by atoms with Gasteiger partial charge in [0.2, 0.25) is 6.29 Å². The first-order chi connectivity index (χ1) is 17.9. The Balaban J connectivity index is 1.61. The van der Waals surface area contributed by atoms with Crippen LogP contribution in [0.2, 0.25) is 0 Å². The quantitative estimate of drug-likeness (QED) is 0.265. The van der Waals surface area contributed by atoms with E-state index in [1.807, 2.05) is 6.07 Å². The van der Waals surface area contributed by atoms with Gasteiger partial charge < -0.3 is 54.3 Å². The highest BCUT2D eigenvalue weighted by molar-refractivity contribution is 5.62. The lowest BCUT2D eigenvalue weighted by Crippen LogP contribution is -2.60. The Morgan fingerprint density at radius 1 is 0.865 bits per heavy atom. The molecule has 0 radical (unpaired) electrons. The van der Waals surface area contributed by atoms with Crippen LogP contribution in [0.5, 0.6) is 23.0 Å². The zero-order valence-corrected chi connectivity index (χ0v) is 20.4. The largest absolute Gasteiger partial charge is 0.493 e. The molecule has 2 aliphatic rings. The molecule has 1 fully saturated rings. The molecule has 0 aliphatic carbocycles. The Kier molecular flexibility index (Phi) is 8.55. The monoisotopic (exact) mass is 520 g/mol. The zero-order chi connectivity index (χ0) is 26.7. The molecular weight excluding hydrogens is 488 g/mol. The molecular formula is C26H32O11. The number of fused-ring (bicyclic) bond motifs is 1. The standard InChI is InChI=1S/C26H32O11/c1-33-18-10-14(5-6-17(18)35-26-23(32)22(31)21(30)20(12-29)36-26)24-16(11-28)15-8-13(4-3-7-27)9-19(34-2)25(15)37-24/h3-6,8-10,16,20-24,26-32H,7,11-12H2,1-2H3/b4-3+/t16-,20+,21-,22-,23+,24-,26-/m1/s1. The van der Waals surface area contributed by atoms with E-state index in [1.165, 1.54) is 14.2 Å². The predicted octanol–water partition coefficient (Wildman–Crippen LogP) is 0.0976. The molecule has 2 heterocycles. The van der Waals surface area contributed by atoms with Crippen LogP contribution in [0, 0.1) is 0 Å². The molecule has 2 aliphatic heterocycles. The minimum absolute atomic E-state index is 0.112. The maximum absolute atomic E-state index is 10.3. The van der Waals surface area contributed by atoms with Crippen LogP contribution < -0.4 is 18.9 Å². The highest BCUT2D eigenvalue weighted by Crippen LogP contribution is 2.51. The molecule has 6 N–H and O–H groups in total. The molecule has 1 saturated heterocycles. The van der Waals surface area contributed by atoms with Crippen molar-refractivity contribution >= 4 is 6.08 Å². The molecule has 0 amide bonds. The lowest BCUT2D eigenvalue weighted by molar-refractivity contribution is -0.277. The Morgan fingerprint density at radius 3 is 2.27 bits per heavy atom. The summed E-state index contributed by atoms with van der Waals surface area (Å²) >= 11 is 0. The highest BCUT2D eigenvalue weighted by Gasteiger charge is 2.45. The second-order valence-electron chi connectivity index (χ2n) is 8.78. The van der Waals surface area contributed by atoms with Gasteiger partial charge in [-0.15, -0.1) is 0 Å². The van der Waals surface area contributed by atoms with Gasteiger partial charge in [-0.1, -0.05) is 18.2 Å². The van der Waals surface area contributed by atoms with Crippen molar-refractivity contribution in [1.82, 2.24) is 0 Å². The third-order valence-corrected chi connectivity index (χ3v) is 6.56. The molecule has 0 saturated carbocycles. The van der Waals surface area contributed by atoms with Gasteiger partial charge in [-0.3, -0.25) is 0 Å². The van der Waals surface area contributed by atoms with Crippen molar-refractivity contribution in [3.05, 3.63) is 53.1 Å². The summed E-state index contributed by atoms with van der Waals surface area (Å²) in [4.78, 5) is 0. The molecule has 0 bridgehead atoms. The van der Waals surface area contributed by atoms with Crippen LogP contribution in [0.25, 0.3) is 6.08 Å². The first-order valence-corrected chi connectivity index (χ1v) is 11.8. The van der Waals surface area contributed by atoms with Crippen molar-refractivity contribution < 1.29 is 54.3 Å². The normalized spacial score (nSPS) is 29.1. The maximum atomic E-state index is 10.3. The molecule has 11 nitrogen and oxygen atoms in total. The van der Waals surface area contributed by atoms with Gasteiger partial charge in [0.15, 0.2) is 23.0 Å². The van der Waals surface area contributed by atoms with Gasteiger partial charge in [-0.25, -0.2) is 0 Å². The number of ether oxygens (including phenoxy) is 5. The van der Waals surface area contributed by atoms with E-state index in [0.29, 0.717) is 17.1 Å². The summed E-state index contributed by atoms with van der Waals surface area (Å²) in [6.45, 7) is -0.900. The van der Waals surface area contributed by atoms with Crippen LogP contribution in [0.15, 0.2) is 36.4 Å². The van der Waals surface area contributed by atoms with Gasteiger partial charge in [0, 0.05) is 5.56 Å². The lowest BCUT2D eigenvalue weighted by Gasteiger charge is -2.39. The topological polar surface area (TPSA) is 168 Å². The molecule has 37 heavy (non-hydrogen) atoms. The van der Waals surface area contributed by atoms with Crippen LogP contribution >= 0.6 is 0 Å². The molecule has 0 unspecified atom stereocenters. The van der Waals surface area contributed by atoms with Crippen molar-refractivity contribution in [3.63, 3.8) is 0 Å². The van der Waals surface area contributed by atoms with E-state index in [-0.39, 0.29) is 24.7 Å². The van der Waals surface area contributed by atoms with E-state index >= 15 is 0 Å². The number of aliphatic hydroxyl groups is 6. The summed E-state index contributed by atoms with van der Waals surface area (Å²) in [5.41, 5.74) is 2.21. The fourth-order valence-corrected chi connectivity index (χ4v) is 4.60. The molecule has 2 aromatic rings. The fourth-order valence-electron chi connectivity index (χ4n) is 4.60. The number of aliphatic hydroxyl groups excluding tert-OH is 6. The number of rotatable bonds is 9. The second kappa shape index (κ2) is 11.7. The van der Waals surface area contributed by atoms with Crippen molar-refractivity contribution in [3.8, 4) is 23.0 Å². The molecule has 4 rings (SSSR count). The van der Waals surface area contributed by atoms with Crippen molar-refractivity contribution in [2.45, 2.75) is 42.7 Å². The summed E-state index contributed by atoms with van der Waals surface area (Å²) < 4.78 is 28.4. The lowest BCUT2D eigenvalue weighted by atomic mass is 9.90. The van der Waals surface area contributed by atoms with Crippen molar-refractivity contribution in [1.29, 1.82) is 0 Å².